The van der Waals surface area contributed by atoms with E-state index in [0.717, 1.165) is 4.31 Å². The lowest BCUT2D eigenvalue weighted by Crippen LogP contribution is -2.23. The van der Waals surface area contributed by atoms with Gasteiger partial charge in [-0.2, -0.15) is 0 Å². The molecule has 8 heteroatoms. The van der Waals surface area contributed by atoms with Crippen LogP contribution in [-0.4, -0.2) is 38.8 Å². The molecule has 2 aromatic rings. The number of hydrogen-bond donors (Lipinski definition) is 1. The molecule has 0 unspecified atom stereocenters. The first-order valence-corrected chi connectivity index (χ1v) is 10.1. The van der Waals surface area contributed by atoms with Gasteiger partial charge in [0.15, 0.2) is 0 Å². The molecular formula is C18H21BrN2O4S. The molecule has 0 fully saturated rings. The van der Waals surface area contributed by atoms with E-state index < -0.39 is 15.9 Å². The first kappa shape index (κ1) is 20.4. The third-order valence-corrected chi connectivity index (χ3v) is 6.24. The Morgan fingerprint density at radius 3 is 2.27 bits per heavy atom. The minimum atomic E-state index is -3.66. The Labute approximate surface area is 162 Å². The molecule has 26 heavy (non-hydrogen) atoms. The maximum atomic E-state index is 12.5. The van der Waals surface area contributed by atoms with Crippen molar-refractivity contribution < 1.29 is 17.9 Å². The SMILES string of the molecule is CC(C)Oc1ccc(NC(=O)c2ccc(Br)c(S(=O)(=O)N(C)C)c2)cc1. The number of anilines is 1. The van der Waals surface area contributed by atoms with Gasteiger partial charge in [-0.15, -0.1) is 0 Å². The molecule has 2 aromatic carbocycles. The molecule has 6 nitrogen and oxygen atoms in total. The summed E-state index contributed by atoms with van der Waals surface area (Å²) < 4.78 is 31.8. The van der Waals surface area contributed by atoms with E-state index in [2.05, 4.69) is 21.2 Å². The van der Waals surface area contributed by atoms with Gasteiger partial charge < -0.3 is 10.1 Å². The fraction of sp³-hybridized carbons (Fsp3) is 0.278. The number of amides is 1. The zero-order valence-corrected chi connectivity index (χ0v) is 17.4. The van der Waals surface area contributed by atoms with Gasteiger partial charge >= 0.3 is 0 Å². The van der Waals surface area contributed by atoms with Crippen LogP contribution < -0.4 is 10.1 Å². The number of halogens is 1. The van der Waals surface area contributed by atoms with E-state index in [4.69, 9.17) is 4.74 Å². The second kappa shape index (κ2) is 8.20. The van der Waals surface area contributed by atoms with Crippen molar-refractivity contribution in [1.82, 2.24) is 4.31 Å². The van der Waals surface area contributed by atoms with Gasteiger partial charge in [0.05, 0.1) is 11.0 Å². The van der Waals surface area contributed by atoms with Crippen LogP contribution in [0.3, 0.4) is 0 Å². The monoisotopic (exact) mass is 440 g/mol. The summed E-state index contributed by atoms with van der Waals surface area (Å²) in [5.41, 5.74) is 0.835. The molecule has 2 rings (SSSR count). The lowest BCUT2D eigenvalue weighted by Gasteiger charge is -2.14. The topological polar surface area (TPSA) is 75.7 Å². The highest BCUT2D eigenvalue weighted by Crippen LogP contribution is 2.26. The zero-order chi connectivity index (χ0) is 19.5. The average Bonchev–Trinajstić information content (AvgIpc) is 2.56. The number of hydrogen-bond acceptors (Lipinski definition) is 4. The Morgan fingerprint density at radius 2 is 1.73 bits per heavy atom. The van der Waals surface area contributed by atoms with Gasteiger partial charge in [0, 0.05) is 29.8 Å². The van der Waals surface area contributed by atoms with Crippen molar-refractivity contribution in [2.24, 2.45) is 0 Å². The molecule has 0 atom stereocenters. The van der Waals surface area contributed by atoms with Gasteiger partial charge in [-0.1, -0.05) is 0 Å². The third-order valence-electron chi connectivity index (χ3n) is 3.44. The highest BCUT2D eigenvalue weighted by Gasteiger charge is 2.22. The standard InChI is InChI=1S/C18H21BrN2O4S/c1-12(2)25-15-8-6-14(7-9-15)20-18(22)13-5-10-16(19)17(11-13)26(23,24)21(3)4/h5-12H,1-4H3,(H,20,22). The summed E-state index contributed by atoms with van der Waals surface area (Å²) in [6, 6.07) is 11.4. The minimum Gasteiger partial charge on any atom is -0.491 e. The summed E-state index contributed by atoms with van der Waals surface area (Å²) >= 11 is 3.23. The van der Waals surface area contributed by atoms with Crippen LogP contribution in [0, 0.1) is 0 Å². The summed E-state index contributed by atoms with van der Waals surface area (Å²) in [4.78, 5) is 12.5. The number of benzene rings is 2. The molecule has 0 saturated heterocycles. The van der Waals surface area contributed by atoms with Crippen molar-refractivity contribution in [1.29, 1.82) is 0 Å². The van der Waals surface area contributed by atoms with Crippen LogP contribution in [0.2, 0.25) is 0 Å². The van der Waals surface area contributed by atoms with Crippen molar-refractivity contribution in [3.63, 3.8) is 0 Å². The van der Waals surface area contributed by atoms with Gasteiger partial charge in [0.1, 0.15) is 5.75 Å². The van der Waals surface area contributed by atoms with Gasteiger partial charge in [-0.25, -0.2) is 12.7 Å². The summed E-state index contributed by atoms with van der Waals surface area (Å²) in [7, 11) is -0.784. The van der Waals surface area contributed by atoms with Crippen LogP contribution in [-0.2, 0) is 10.0 Å². The van der Waals surface area contributed by atoms with E-state index in [-0.39, 0.29) is 16.6 Å². The Morgan fingerprint density at radius 1 is 1.12 bits per heavy atom. The summed E-state index contributed by atoms with van der Waals surface area (Å²) in [5.74, 6) is 0.311. The molecule has 0 aromatic heterocycles. The predicted molar refractivity (Wildman–Crippen MR) is 105 cm³/mol. The Bertz CT molecular complexity index is 894. The maximum absolute atomic E-state index is 12.5. The fourth-order valence-corrected chi connectivity index (χ4v) is 3.98. The number of rotatable bonds is 6. The second-order valence-corrected chi connectivity index (χ2v) is 9.05. The number of carbonyl (C=O) groups excluding carboxylic acids is 1. The molecule has 0 spiro atoms. The second-order valence-electron chi connectivity index (χ2n) is 6.08. The van der Waals surface area contributed by atoms with Crippen molar-refractivity contribution in [3.05, 3.63) is 52.5 Å². The predicted octanol–water partition coefficient (Wildman–Crippen LogP) is 3.74. The molecular weight excluding hydrogens is 420 g/mol. The van der Waals surface area contributed by atoms with Crippen LogP contribution >= 0.6 is 15.9 Å². The normalized spacial score (nSPS) is 11.7. The number of nitrogens with zero attached hydrogens (tertiary/aromatic N) is 1. The van der Waals surface area contributed by atoms with Crippen LogP contribution in [0.5, 0.6) is 5.75 Å². The lowest BCUT2D eigenvalue weighted by atomic mass is 10.2. The van der Waals surface area contributed by atoms with Crippen molar-refractivity contribution >= 4 is 37.5 Å². The molecule has 0 aliphatic heterocycles. The molecule has 0 aliphatic carbocycles. The molecule has 0 heterocycles. The van der Waals surface area contributed by atoms with Gasteiger partial charge in [-0.05, 0) is 72.2 Å². The fourth-order valence-electron chi connectivity index (χ4n) is 2.13. The Kier molecular flexibility index (Phi) is 6.44. The van der Waals surface area contributed by atoms with Crippen LogP contribution in [0.1, 0.15) is 24.2 Å². The molecule has 1 N–H and O–H groups in total. The van der Waals surface area contributed by atoms with Gasteiger partial charge in [-0.3, -0.25) is 4.79 Å². The maximum Gasteiger partial charge on any atom is 0.255 e. The first-order valence-electron chi connectivity index (χ1n) is 7.91. The van der Waals surface area contributed by atoms with E-state index in [0.29, 0.717) is 15.9 Å². The van der Waals surface area contributed by atoms with Crippen molar-refractivity contribution in [3.8, 4) is 5.75 Å². The van der Waals surface area contributed by atoms with Crippen LogP contribution in [0.15, 0.2) is 51.8 Å². The molecule has 140 valence electrons. The number of carbonyl (C=O) groups is 1. The van der Waals surface area contributed by atoms with Gasteiger partial charge in [0.25, 0.3) is 5.91 Å². The van der Waals surface area contributed by atoms with E-state index >= 15 is 0 Å². The lowest BCUT2D eigenvalue weighted by molar-refractivity contribution is 0.102. The quantitative estimate of drug-likeness (QED) is 0.741. The average molecular weight is 441 g/mol. The Balaban J connectivity index is 2.23. The summed E-state index contributed by atoms with van der Waals surface area (Å²) in [5, 5.41) is 2.75. The molecule has 0 aliphatic rings. The summed E-state index contributed by atoms with van der Waals surface area (Å²) in [6.45, 7) is 3.87. The smallest absolute Gasteiger partial charge is 0.255 e. The zero-order valence-electron chi connectivity index (χ0n) is 15.0. The van der Waals surface area contributed by atoms with Crippen LogP contribution in [0.25, 0.3) is 0 Å². The van der Waals surface area contributed by atoms with Gasteiger partial charge in [0.2, 0.25) is 10.0 Å². The number of sulfonamides is 1. The minimum absolute atomic E-state index is 0.0378. The highest BCUT2D eigenvalue weighted by atomic mass is 79.9. The van der Waals surface area contributed by atoms with E-state index in [9.17, 15) is 13.2 Å². The molecule has 1 amide bonds. The molecule has 0 saturated carbocycles. The number of ether oxygens (including phenoxy) is 1. The van der Waals surface area contributed by atoms with Crippen LogP contribution in [0.4, 0.5) is 5.69 Å². The third kappa shape index (κ3) is 4.84. The molecule has 0 radical (unpaired) electrons. The van der Waals surface area contributed by atoms with E-state index in [1.165, 1.54) is 20.2 Å². The van der Waals surface area contributed by atoms with E-state index in [1.54, 1.807) is 36.4 Å². The number of nitrogens with one attached hydrogen (secondary N) is 1. The summed E-state index contributed by atoms with van der Waals surface area (Å²) in [6.07, 6.45) is 0.0651. The Hall–Kier alpha value is -1.90. The highest BCUT2D eigenvalue weighted by molar-refractivity contribution is 9.10. The molecule has 0 bridgehead atoms. The largest absolute Gasteiger partial charge is 0.491 e. The van der Waals surface area contributed by atoms with E-state index in [1.807, 2.05) is 13.8 Å². The van der Waals surface area contributed by atoms with Crippen molar-refractivity contribution in [2.45, 2.75) is 24.8 Å². The van der Waals surface area contributed by atoms with Crippen molar-refractivity contribution in [2.75, 3.05) is 19.4 Å². The first-order chi connectivity index (χ1) is 12.1.